The second-order valence-corrected chi connectivity index (χ2v) is 9.70. The third-order valence-corrected chi connectivity index (χ3v) is 7.10. The highest BCUT2D eigenvalue weighted by atomic mass is 19.4. The number of benzene rings is 1. The maximum Gasteiger partial charge on any atom is 0.416 e. The SMILES string of the molecule is O=C1CCN(Cc2ccc(C(F)(F)F)cc2)CCC[C@H](C(=O)N2CCN(c3ccccn3)CC2)CCN1. The number of amides is 2. The number of pyridine rings is 1. The van der Waals surface area contributed by atoms with Gasteiger partial charge in [0.15, 0.2) is 0 Å². The van der Waals surface area contributed by atoms with Crippen molar-refractivity contribution in [1.29, 1.82) is 0 Å². The molecule has 4 rings (SSSR count). The van der Waals surface area contributed by atoms with Crippen molar-refractivity contribution in [2.75, 3.05) is 50.7 Å². The first kappa shape index (κ1) is 26.9. The topological polar surface area (TPSA) is 68.8 Å². The van der Waals surface area contributed by atoms with E-state index in [-0.39, 0.29) is 17.7 Å². The zero-order chi connectivity index (χ0) is 26.3. The molecule has 2 aromatic rings. The Bertz CT molecular complexity index is 1020. The number of piperazine rings is 1. The molecule has 7 nitrogen and oxygen atoms in total. The molecule has 0 aliphatic carbocycles. The van der Waals surface area contributed by atoms with Crippen molar-refractivity contribution in [3.05, 3.63) is 59.8 Å². The average molecular weight is 518 g/mol. The molecule has 1 aromatic carbocycles. The highest BCUT2D eigenvalue weighted by molar-refractivity contribution is 5.79. The van der Waals surface area contributed by atoms with Crippen LogP contribution in [-0.4, -0.2) is 72.4 Å². The molecule has 2 aliphatic heterocycles. The normalized spacial score (nSPS) is 20.7. The highest BCUT2D eigenvalue weighted by Crippen LogP contribution is 2.29. The van der Waals surface area contributed by atoms with Crippen molar-refractivity contribution in [3.63, 3.8) is 0 Å². The average Bonchev–Trinajstić information content (AvgIpc) is 2.94. The summed E-state index contributed by atoms with van der Waals surface area (Å²) in [6.07, 6.45) is -0.195. The van der Waals surface area contributed by atoms with Gasteiger partial charge in [-0.3, -0.25) is 14.5 Å². The van der Waals surface area contributed by atoms with Gasteiger partial charge in [0.05, 0.1) is 5.56 Å². The van der Waals surface area contributed by atoms with E-state index in [9.17, 15) is 22.8 Å². The molecule has 2 amide bonds. The Hall–Kier alpha value is -3.14. The van der Waals surface area contributed by atoms with Crippen LogP contribution in [0.3, 0.4) is 0 Å². The zero-order valence-corrected chi connectivity index (χ0v) is 20.9. The molecule has 200 valence electrons. The number of rotatable bonds is 4. The van der Waals surface area contributed by atoms with Gasteiger partial charge in [-0.1, -0.05) is 18.2 Å². The Morgan fingerprint density at radius 2 is 1.73 bits per heavy atom. The molecule has 1 atom stereocenters. The molecule has 10 heteroatoms. The molecule has 0 radical (unpaired) electrons. The van der Waals surface area contributed by atoms with Crippen LogP contribution >= 0.6 is 0 Å². The number of carbonyl (C=O) groups excluding carboxylic acids is 2. The van der Waals surface area contributed by atoms with E-state index in [1.807, 2.05) is 23.1 Å². The van der Waals surface area contributed by atoms with E-state index in [1.54, 1.807) is 6.20 Å². The summed E-state index contributed by atoms with van der Waals surface area (Å²) < 4.78 is 38.7. The molecule has 0 saturated carbocycles. The Morgan fingerprint density at radius 1 is 0.973 bits per heavy atom. The van der Waals surface area contributed by atoms with Crippen molar-refractivity contribution < 1.29 is 22.8 Å². The number of nitrogens with zero attached hydrogens (tertiary/aromatic N) is 4. The predicted octanol–water partition coefficient (Wildman–Crippen LogP) is 3.56. The lowest BCUT2D eigenvalue weighted by molar-refractivity contribution is -0.138. The second kappa shape index (κ2) is 12.4. The number of nitrogens with one attached hydrogen (secondary N) is 1. The van der Waals surface area contributed by atoms with Crippen molar-refractivity contribution >= 4 is 17.6 Å². The monoisotopic (exact) mass is 517 g/mol. The fourth-order valence-corrected chi connectivity index (χ4v) is 4.97. The zero-order valence-electron chi connectivity index (χ0n) is 20.9. The van der Waals surface area contributed by atoms with Gasteiger partial charge in [0.1, 0.15) is 5.82 Å². The fourth-order valence-electron chi connectivity index (χ4n) is 4.97. The van der Waals surface area contributed by atoms with Crippen LogP contribution in [0.2, 0.25) is 0 Å². The Labute approximate surface area is 215 Å². The molecule has 2 aliphatic rings. The van der Waals surface area contributed by atoms with E-state index in [1.165, 1.54) is 12.1 Å². The summed E-state index contributed by atoms with van der Waals surface area (Å²) >= 11 is 0. The first-order valence-corrected chi connectivity index (χ1v) is 12.9. The largest absolute Gasteiger partial charge is 0.416 e. The quantitative estimate of drug-likeness (QED) is 0.672. The van der Waals surface area contributed by atoms with Crippen molar-refractivity contribution in [2.45, 2.75) is 38.4 Å². The third-order valence-electron chi connectivity index (χ3n) is 7.10. The van der Waals surface area contributed by atoms with Gasteiger partial charge in [0.25, 0.3) is 0 Å². The van der Waals surface area contributed by atoms with E-state index in [0.717, 1.165) is 43.0 Å². The van der Waals surface area contributed by atoms with Crippen LogP contribution in [0.5, 0.6) is 0 Å². The molecule has 3 heterocycles. The van der Waals surface area contributed by atoms with E-state index in [2.05, 4.69) is 20.1 Å². The summed E-state index contributed by atoms with van der Waals surface area (Å²) in [6.45, 7) is 4.84. The maximum absolute atomic E-state index is 13.4. The molecule has 0 unspecified atom stereocenters. The number of aromatic nitrogens is 1. The van der Waals surface area contributed by atoms with E-state index >= 15 is 0 Å². The number of hydrogen-bond acceptors (Lipinski definition) is 5. The Morgan fingerprint density at radius 3 is 2.41 bits per heavy atom. The van der Waals surface area contributed by atoms with Gasteiger partial charge in [0.2, 0.25) is 11.8 Å². The summed E-state index contributed by atoms with van der Waals surface area (Å²) in [6, 6.07) is 11.0. The Balaban J connectivity index is 1.33. The Kier molecular flexibility index (Phi) is 9.02. The van der Waals surface area contributed by atoms with Crippen LogP contribution in [-0.2, 0) is 22.3 Å². The number of anilines is 1. The van der Waals surface area contributed by atoms with E-state index in [0.29, 0.717) is 58.5 Å². The van der Waals surface area contributed by atoms with E-state index < -0.39 is 11.7 Å². The minimum Gasteiger partial charge on any atom is -0.356 e. The van der Waals surface area contributed by atoms with Crippen LogP contribution in [0.15, 0.2) is 48.7 Å². The lowest BCUT2D eigenvalue weighted by atomic mass is 9.97. The molecule has 1 aromatic heterocycles. The smallest absolute Gasteiger partial charge is 0.356 e. The van der Waals surface area contributed by atoms with Gasteiger partial charge < -0.3 is 15.1 Å². The molecule has 37 heavy (non-hydrogen) atoms. The summed E-state index contributed by atoms with van der Waals surface area (Å²) in [7, 11) is 0. The molecule has 2 fully saturated rings. The van der Waals surface area contributed by atoms with Crippen molar-refractivity contribution in [3.8, 4) is 0 Å². The van der Waals surface area contributed by atoms with Gasteiger partial charge in [0, 0.05) is 64.3 Å². The lowest BCUT2D eigenvalue weighted by Crippen LogP contribution is -2.51. The van der Waals surface area contributed by atoms with Crippen LogP contribution in [0.25, 0.3) is 0 Å². The minimum atomic E-state index is -4.36. The number of halogens is 3. The van der Waals surface area contributed by atoms with Gasteiger partial charge >= 0.3 is 6.18 Å². The second-order valence-electron chi connectivity index (χ2n) is 9.70. The van der Waals surface area contributed by atoms with Crippen LogP contribution in [0, 0.1) is 5.92 Å². The standard InChI is InChI=1S/C27H34F3N5O2/c28-27(29,30)23-8-6-21(7-9-23)20-33-14-3-4-22(10-13-32-25(36)11-15-33)26(37)35-18-16-34(17-19-35)24-5-1-2-12-31-24/h1-2,5-9,12,22H,3-4,10-11,13-20H2,(H,32,36)/t22-/m0/s1. The van der Waals surface area contributed by atoms with Crippen molar-refractivity contribution in [1.82, 2.24) is 20.1 Å². The first-order valence-electron chi connectivity index (χ1n) is 12.9. The summed E-state index contributed by atoms with van der Waals surface area (Å²) in [5, 5.41) is 2.93. The number of alkyl halides is 3. The van der Waals surface area contributed by atoms with Gasteiger partial charge in [-0.2, -0.15) is 13.2 Å². The van der Waals surface area contributed by atoms with Crippen LogP contribution in [0.1, 0.15) is 36.8 Å². The fraction of sp³-hybridized carbons (Fsp3) is 0.519. The molecule has 0 bridgehead atoms. The van der Waals surface area contributed by atoms with Crippen LogP contribution in [0.4, 0.5) is 19.0 Å². The molecule has 1 N–H and O–H groups in total. The summed E-state index contributed by atoms with van der Waals surface area (Å²) in [5.74, 6) is 0.797. The molecular formula is C27H34F3N5O2. The lowest BCUT2D eigenvalue weighted by Gasteiger charge is -2.37. The summed E-state index contributed by atoms with van der Waals surface area (Å²) in [5.41, 5.74) is 0.0944. The highest BCUT2D eigenvalue weighted by Gasteiger charge is 2.30. The predicted molar refractivity (Wildman–Crippen MR) is 135 cm³/mol. The first-order chi connectivity index (χ1) is 17.8. The third kappa shape index (κ3) is 7.67. The number of hydrogen-bond donors (Lipinski definition) is 1. The van der Waals surface area contributed by atoms with Crippen LogP contribution < -0.4 is 10.2 Å². The molecule has 0 spiro atoms. The molecular weight excluding hydrogens is 483 g/mol. The van der Waals surface area contributed by atoms with Gasteiger partial charge in [-0.05, 0) is 55.6 Å². The van der Waals surface area contributed by atoms with Gasteiger partial charge in [-0.25, -0.2) is 4.98 Å². The van der Waals surface area contributed by atoms with Crippen molar-refractivity contribution in [2.24, 2.45) is 5.92 Å². The summed E-state index contributed by atoms with van der Waals surface area (Å²) in [4.78, 5) is 36.3. The number of carbonyl (C=O) groups is 2. The molecule has 2 saturated heterocycles. The maximum atomic E-state index is 13.4. The van der Waals surface area contributed by atoms with E-state index in [4.69, 9.17) is 0 Å². The minimum absolute atomic E-state index is 0.0745. The van der Waals surface area contributed by atoms with Gasteiger partial charge in [-0.15, -0.1) is 0 Å².